The predicted octanol–water partition coefficient (Wildman–Crippen LogP) is 3.48. The highest BCUT2D eigenvalue weighted by atomic mass is 15.2. The molecule has 1 aliphatic rings. The summed E-state index contributed by atoms with van der Waals surface area (Å²) in [4.78, 5) is 2.57. The summed E-state index contributed by atoms with van der Waals surface area (Å²) in [5, 5.41) is 0. The fourth-order valence-corrected chi connectivity index (χ4v) is 2.88. The number of hydrogen-bond donors (Lipinski definition) is 1. The highest BCUT2D eigenvalue weighted by Crippen LogP contribution is 2.31. The van der Waals surface area contributed by atoms with E-state index in [9.17, 15) is 0 Å². The number of nitrogens with two attached hydrogens (primary N) is 1. The Morgan fingerprint density at radius 2 is 2.12 bits per heavy atom. The Labute approximate surface area is 105 Å². The Hall–Kier alpha value is -1.02. The Balaban J connectivity index is 2.31. The maximum atomic E-state index is 6.08. The van der Waals surface area contributed by atoms with Gasteiger partial charge < -0.3 is 10.6 Å². The van der Waals surface area contributed by atoms with Gasteiger partial charge in [-0.15, -0.1) is 0 Å². The quantitative estimate of drug-likeness (QED) is 0.864. The van der Waals surface area contributed by atoms with Crippen molar-refractivity contribution in [2.45, 2.75) is 51.6 Å². The second-order valence-corrected chi connectivity index (χ2v) is 5.10. The maximum Gasteiger partial charge on any atom is 0.0417 e. The van der Waals surface area contributed by atoms with Crippen LogP contribution in [-0.4, -0.2) is 12.6 Å². The lowest BCUT2D eigenvalue weighted by molar-refractivity contribution is 0.448. The van der Waals surface area contributed by atoms with Gasteiger partial charge in [-0.3, -0.25) is 0 Å². The molecule has 2 N–H and O–H groups in total. The average Bonchev–Trinajstić information content (AvgIpc) is 2.38. The van der Waals surface area contributed by atoms with Crippen LogP contribution < -0.4 is 10.6 Å². The third-order valence-electron chi connectivity index (χ3n) is 3.84. The zero-order chi connectivity index (χ0) is 12.3. The van der Waals surface area contributed by atoms with Crippen LogP contribution >= 0.6 is 0 Å². The van der Waals surface area contributed by atoms with Crippen molar-refractivity contribution in [2.75, 3.05) is 11.4 Å². The third kappa shape index (κ3) is 2.63. The minimum Gasteiger partial charge on any atom is -0.368 e. The van der Waals surface area contributed by atoms with E-state index in [0.29, 0.717) is 6.04 Å². The molecule has 94 valence electrons. The molecular formula is C15H24N2. The molecule has 2 atom stereocenters. The molecule has 2 rings (SSSR count). The minimum atomic E-state index is 0.116. The molecule has 0 aromatic heterocycles. The molecule has 0 aliphatic carbocycles. The molecular weight excluding hydrogens is 208 g/mol. The first kappa shape index (κ1) is 12.4. The van der Waals surface area contributed by atoms with Crippen molar-refractivity contribution < 1.29 is 0 Å². The van der Waals surface area contributed by atoms with Crippen molar-refractivity contribution in [2.24, 2.45) is 5.73 Å². The van der Waals surface area contributed by atoms with E-state index in [0.717, 1.165) is 0 Å². The van der Waals surface area contributed by atoms with Gasteiger partial charge in [0.2, 0.25) is 0 Å². The molecule has 2 unspecified atom stereocenters. The van der Waals surface area contributed by atoms with Gasteiger partial charge in [0, 0.05) is 24.3 Å². The second kappa shape index (κ2) is 5.54. The molecule has 1 fully saturated rings. The van der Waals surface area contributed by atoms with Gasteiger partial charge in [-0.25, -0.2) is 0 Å². The maximum absolute atomic E-state index is 6.08. The summed E-state index contributed by atoms with van der Waals surface area (Å²) in [6, 6.07) is 9.43. The number of benzene rings is 1. The van der Waals surface area contributed by atoms with Crippen LogP contribution in [0.25, 0.3) is 0 Å². The fourth-order valence-electron chi connectivity index (χ4n) is 2.88. The molecule has 0 amide bonds. The second-order valence-electron chi connectivity index (χ2n) is 5.10. The van der Waals surface area contributed by atoms with Crippen molar-refractivity contribution in [1.82, 2.24) is 0 Å². The van der Waals surface area contributed by atoms with Crippen LogP contribution in [0, 0.1) is 0 Å². The van der Waals surface area contributed by atoms with Crippen LogP contribution in [0.5, 0.6) is 0 Å². The van der Waals surface area contributed by atoms with Gasteiger partial charge in [0.05, 0.1) is 0 Å². The highest BCUT2D eigenvalue weighted by Gasteiger charge is 2.23. The van der Waals surface area contributed by atoms with E-state index in [1.54, 1.807) is 0 Å². The summed E-state index contributed by atoms with van der Waals surface area (Å²) in [6.07, 6.45) is 5.23. The normalized spacial score (nSPS) is 22.5. The molecule has 1 heterocycles. The fraction of sp³-hybridized carbons (Fsp3) is 0.600. The summed E-state index contributed by atoms with van der Waals surface area (Å²) in [5.74, 6) is 0. The molecule has 0 spiro atoms. The summed E-state index contributed by atoms with van der Waals surface area (Å²) in [6.45, 7) is 5.55. The van der Waals surface area contributed by atoms with Gasteiger partial charge >= 0.3 is 0 Å². The third-order valence-corrected chi connectivity index (χ3v) is 3.84. The predicted molar refractivity (Wildman–Crippen MR) is 74.3 cm³/mol. The van der Waals surface area contributed by atoms with Gasteiger partial charge in [0.25, 0.3) is 0 Å². The van der Waals surface area contributed by atoms with Crippen LogP contribution in [0.4, 0.5) is 5.69 Å². The van der Waals surface area contributed by atoms with Crippen molar-refractivity contribution in [3.05, 3.63) is 29.8 Å². The Kier molecular flexibility index (Phi) is 4.06. The van der Waals surface area contributed by atoms with Crippen molar-refractivity contribution in [3.63, 3.8) is 0 Å². The number of piperidine rings is 1. The van der Waals surface area contributed by atoms with Crippen molar-refractivity contribution in [1.29, 1.82) is 0 Å². The monoisotopic (exact) mass is 232 g/mol. The highest BCUT2D eigenvalue weighted by molar-refractivity contribution is 5.55. The summed E-state index contributed by atoms with van der Waals surface area (Å²) in [7, 11) is 0. The SMILES string of the molecule is CCC1CCCCN1c1ccccc1C(C)N. The molecule has 2 nitrogen and oxygen atoms in total. The van der Waals surface area contributed by atoms with Gasteiger partial charge in [-0.2, -0.15) is 0 Å². The zero-order valence-corrected chi connectivity index (χ0v) is 11.0. The standard InChI is InChI=1S/C15H24N2/c1-3-13-8-6-7-11-17(13)15-10-5-4-9-14(15)12(2)16/h4-5,9-10,12-13H,3,6-8,11,16H2,1-2H3. The molecule has 1 aromatic rings. The first-order valence-electron chi connectivity index (χ1n) is 6.85. The number of para-hydroxylation sites is 1. The van der Waals surface area contributed by atoms with Crippen molar-refractivity contribution in [3.8, 4) is 0 Å². The molecule has 2 heteroatoms. The Morgan fingerprint density at radius 1 is 1.35 bits per heavy atom. The van der Waals surface area contributed by atoms with E-state index >= 15 is 0 Å². The lowest BCUT2D eigenvalue weighted by Crippen LogP contribution is -2.40. The van der Waals surface area contributed by atoms with Gasteiger partial charge in [0.1, 0.15) is 0 Å². The van der Waals surface area contributed by atoms with Crippen LogP contribution in [0.2, 0.25) is 0 Å². The molecule has 1 saturated heterocycles. The topological polar surface area (TPSA) is 29.3 Å². The van der Waals surface area contributed by atoms with Crippen molar-refractivity contribution >= 4 is 5.69 Å². The van der Waals surface area contributed by atoms with Gasteiger partial charge in [-0.1, -0.05) is 25.1 Å². The van der Waals surface area contributed by atoms with Gasteiger partial charge in [-0.05, 0) is 44.2 Å². The lowest BCUT2D eigenvalue weighted by atomic mass is 9.96. The van der Waals surface area contributed by atoms with E-state index in [1.807, 2.05) is 0 Å². The van der Waals surface area contributed by atoms with E-state index < -0.39 is 0 Å². The van der Waals surface area contributed by atoms with Gasteiger partial charge in [0.15, 0.2) is 0 Å². The van der Waals surface area contributed by atoms with E-state index in [1.165, 1.54) is 43.5 Å². The molecule has 17 heavy (non-hydrogen) atoms. The summed E-state index contributed by atoms with van der Waals surface area (Å²) in [5.41, 5.74) is 8.72. The first-order chi connectivity index (χ1) is 8.24. The van der Waals surface area contributed by atoms with E-state index in [2.05, 4.69) is 43.0 Å². The number of rotatable bonds is 3. The summed E-state index contributed by atoms with van der Waals surface area (Å²) < 4.78 is 0. The smallest absolute Gasteiger partial charge is 0.0417 e. The average molecular weight is 232 g/mol. The number of hydrogen-bond acceptors (Lipinski definition) is 2. The largest absolute Gasteiger partial charge is 0.368 e. The zero-order valence-electron chi connectivity index (χ0n) is 11.0. The molecule has 1 aliphatic heterocycles. The minimum absolute atomic E-state index is 0.116. The number of nitrogens with zero attached hydrogens (tertiary/aromatic N) is 1. The van der Waals surface area contributed by atoms with Crippen LogP contribution in [-0.2, 0) is 0 Å². The number of anilines is 1. The molecule has 0 radical (unpaired) electrons. The Bertz CT molecular complexity index is 360. The Morgan fingerprint density at radius 3 is 2.82 bits per heavy atom. The lowest BCUT2D eigenvalue weighted by Gasteiger charge is -2.38. The molecule has 0 bridgehead atoms. The van der Waals surface area contributed by atoms with E-state index in [4.69, 9.17) is 5.73 Å². The van der Waals surface area contributed by atoms with Crippen LogP contribution in [0.15, 0.2) is 24.3 Å². The molecule has 1 aromatic carbocycles. The summed E-state index contributed by atoms with van der Waals surface area (Å²) >= 11 is 0. The van der Waals surface area contributed by atoms with Crippen LogP contribution in [0.3, 0.4) is 0 Å². The molecule has 0 saturated carbocycles. The first-order valence-corrected chi connectivity index (χ1v) is 6.85. The van der Waals surface area contributed by atoms with Crippen LogP contribution in [0.1, 0.15) is 51.1 Å². The van der Waals surface area contributed by atoms with E-state index in [-0.39, 0.29) is 6.04 Å².